The molecule has 0 aliphatic heterocycles. The normalized spacial score (nSPS) is 13.0. The Morgan fingerprint density at radius 1 is 1.24 bits per heavy atom. The average Bonchev–Trinajstić information content (AvgIpc) is 2.78. The lowest BCUT2D eigenvalue weighted by Crippen LogP contribution is -2.10. The third kappa shape index (κ3) is 4.41. The van der Waals surface area contributed by atoms with Crippen LogP contribution in [-0.4, -0.2) is 14.7 Å². The summed E-state index contributed by atoms with van der Waals surface area (Å²) in [6, 6.07) is 8.57. The van der Waals surface area contributed by atoms with Gasteiger partial charge in [0.05, 0.1) is 28.7 Å². The van der Waals surface area contributed by atoms with E-state index in [-0.39, 0.29) is 6.04 Å². The predicted octanol–water partition coefficient (Wildman–Crippen LogP) is 3.79. The van der Waals surface area contributed by atoms with Crippen LogP contribution in [0.4, 0.5) is 11.4 Å². The first-order valence-corrected chi connectivity index (χ1v) is 8.62. The second kappa shape index (κ2) is 5.99. The number of hydrogen-bond donors (Lipinski definition) is 2. The second-order valence-corrected chi connectivity index (χ2v) is 7.04. The zero-order chi connectivity index (χ0) is 15.6. The lowest BCUT2D eigenvalue weighted by molar-refractivity contribution is 0.467. The van der Waals surface area contributed by atoms with E-state index >= 15 is 0 Å². The minimum Gasteiger partial charge on any atom is -0.464 e. The van der Waals surface area contributed by atoms with E-state index in [1.165, 1.54) is 0 Å². The molecule has 0 aliphatic carbocycles. The van der Waals surface area contributed by atoms with Gasteiger partial charge in [0.15, 0.2) is 0 Å². The van der Waals surface area contributed by atoms with Crippen molar-refractivity contribution < 1.29 is 12.8 Å². The summed E-state index contributed by atoms with van der Waals surface area (Å²) in [7, 11) is -3.32. The lowest BCUT2D eigenvalue weighted by atomic mass is 10.2. The molecule has 5 nitrogen and oxygen atoms in total. The largest absolute Gasteiger partial charge is 0.464 e. The summed E-state index contributed by atoms with van der Waals surface area (Å²) >= 11 is 6.13. The van der Waals surface area contributed by atoms with E-state index in [4.69, 9.17) is 16.0 Å². The summed E-state index contributed by atoms with van der Waals surface area (Å²) in [4.78, 5) is 0. The number of hydrogen-bond acceptors (Lipinski definition) is 4. The van der Waals surface area contributed by atoms with E-state index in [0.717, 1.165) is 17.8 Å². The summed E-state index contributed by atoms with van der Waals surface area (Å²) in [5, 5.41) is 3.71. The van der Waals surface area contributed by atoms with Crippen LogP contribution in [0.15, 0.2) is 34.7 Å². The second-order valence-electron chi connectivity index (χ2n) is 4.88. The highest BCUT2D eigenvalue weighted by molar-refractivity contribution is 7.92. The quantitative estimate of drug-likeness (QED) is 0.876. The monoisotopic (exact) mass is 328 g/mol. The first-order valence-electron chi connectivity index (χ1n) is 6.35. The van der Waals surface area contributed by atoms with Gasteiger partial charge in [-0.2, -0.15) is 0 Å². The maximum atomic E-state index is 11.3. The van der Waals surface area contributed by atoms with Crippen molar-refractivity contribution in [1.29, 1.82) is 0 Å². The minimum atomic E-state index is -3.32. The SMILES string of the molecule is Cc1ccc(C(C)Nc2cc(NS(C)(=O)=O)ccc2Cl)o1. The Bertz CT molecular complexity index is 740. The number of rotatable bonds is 5. The molecule has 0 saturated heterocycles. The molecule has 2 rings (SSSR count). The van der Waals surface area contributed by atoms with E-state index in [1.807, 2.05) is 26.0 Å². The molecule has 2 aromatic rings. The zero-order valence-corrected chi connectivity index (χ0v) is 13.5. The van der Waals surface area contributed by atoms with Crippen molar-refractivity contribution in [2.24, 2.45) is 0 Å². The van der Waals surface area contributed by atoms with Gasteiger partial charge in [0.2, 0.25) is 10.0 Å². The lowest BCUT2D eigenvalue weighted by Gasteiger charge is -2.15. The van der Waals surface area contributed by atoms with Crippen molar-refractivity contribution in [3.8, 4) is 0 Å². The maximum Gasteiger partial charge on any atom is 0.229 e. The third-order valence-corrected chi connectivity index (χ3v) is 3.77. The average molecular weight is 329 g/mol. The molecule has 0 radical (unpaired) electrons. The number of benzene rings is 1. The van der Waals surface area contributed by atoms with Crippen LogP contribution in [0, 0.1) is 6.92 Å². The molecular formula is C14H17ClN2O3S. The van der Waals surface area contributed by atoms with E-state index in [2.05, 4.69) is 10.0 Å². The summed E-state index contributed by atoms with van der Waals surface area (Å²) in [6.45, 7) is 3.81. The molecule has 0 fully saturated rings. The molecule has 1 heterocycles. The molecule has 114 valence electrons. The van der Waals surface area contributed by atoms with Crippen LogP contribution >= 0.6 is 11.6 Å². The van der Waals surface area contributed by atoms with Crippen LogP contribution in [0.25, 0.3) is 0 Å². The molecule has 0 bridgehead atoms. The summed E-state index contributed by atoms with van der Waals surface area (Å²) in [6.07, 6.45) is 1.10. The molecule has 0 aliphatic rings. The molecule has 21 heavy (non-hydrogen) atoms. The molecular weight excluding hydrogens is 312 g/mol. The van der Waals surface area contributed by atoms with Crippen molar-refractivity contribution >= 4 is 33.0 Å². The number of furan rings is 1. The first kappa shape index (κ1) is 15.7. The highest BCUT2D eigenvalue weighted by Gasteiger charge is 2.12. The fraction of sp³-hybridized carbons (Fsp3) is 0.286. The van der Waals surface area contributed by atoms with E-state index in [0.29, 0.717) is 16.4 Å². The van der Waals surface area contributed by atoms with Gasteiger partial charge in [-0.05, 0) is 44.2 Å². The minimum absolute atomic E-state index is 0.0929. The van der Waals surface area contributed by atoms with Crippen LogP contribution in [0.3, 0.4) is 0 Å². The number of sulfonamides is 1. The van der Waals surface area contributed by atoms with Crippen molar-refractivity contribution in [3.63, 3.8) is 0 Å². The Balaban J connectivity index is 2.21. The zero-order valence-electron chi connectivity index (χ0n) is 12.0. The van der Waals surface area contributed by atoms with Gasteiger partial charge in [0, 0.05) is 0 Å². The third-order valence-electron chi connectivity index (χ3n) is 2.83. The maximum absolute atomic E-state index is 11.3. The Labute approximate surface area is 129 Å². The number of aryl methyl sites for hydroxylation is 1. The topological polar surface area (TPSA) is 71.3 Å². The molecule has 1 aromatic carbocycles. The van der Waals surface area contributed by atoms with Gasteiger partial charge in [-0.3, -0.25) is 4.72 Å². The van der Waals surface area contributed by atoms with Gasteiger partial charge in [-0.15, -0.1) is 0 Å². The molecule has 0 spiro atoms. The fourth-order valence-electron chi connectivity index (χ4n) is 1.90. The Hall–Kier alpha value is -1.66. The Morgan fingerprint density at radius 2 is 1.95 bits per heavy atom. The van der Waals surface area contributed by atoms with Crippen LogP contribution in [0.5, 0.6) is 0 Å². The molecule has 7 heteroatoms. The van der Waals surface area contributed by atoms with Crippen LogP contribution in [0.1, 0.15) is 24.5 Å². The first-order chi connectivity index (χ1) is 9.74. The van der Waals surface area contributed by atoms with Gasteiger partial charge in [-0.1, -0.05) is 11.6 Å². The van der Waals surface area contributed by atoms with Crippen molar-refractivity contribution in [2.45, 2.75) is 19.9 Å². The number of halogens is 1. The van der Waals surface area contributed by atoms with E-state index < -0.39 is 10.0 Å². The van der Waals surface area contributed by atoms with Gasteiger partial charge in [0.25, 0.3) is 0 Å². The Kier molecular flexibility index (Phi) is 4.49. The number of nitrogens with one attached hydrogen (secondary N) is 2. The van der Waals surface area contributed by atoms with Gasteiger partial charge in [0.1, 0.15) is 11.5 Å². The van der Waals surface area contributed by atoms with Crippen molar-refractivity contribution in [1.82, 2.24) is 0 Å². The molecule has 1 atom stereocenters. The molecule has 0 amide bonds. The molecule has 0 saturated carbocycles. The highest BCUT2D eigenvalue weighted by Crippen LogP contribution is 2.29. The Morgan fingerprint density at radius 3 is 2.52 bits per heavy atom. The molecule has 2 N–H and O–H groups in total. The van der Waals surface area contributed by atoms with Gasteiger partial charge < -0.3 is 9.73 Å². The van der Waals surface area contributed by atoms with Crippen LogP contribution in [-0.2, 0) is 10.0 Å². The van der Waals surface area contributed by atoms with Crippen LogP contribution in [0.2, 0.25) is 5.02 Å². The van der Waals surface area contributed by atoms with Crippen molar-refractivity contribution in [2.75, 3.05) is 16.3 Å². The van der Waals surface area contributed by atoms with Gasteiger partial charge in [-0.25, -0.2) is 8.42 Å². The van der Waals surface area contributed by atoms with E-state index in [1.54, 1.807) is 18.2 Å². The number of anilines is 2. The molecule has 1 unspecified atom stereocenters. The summed E-state index contributed by atoms with van der Waals surface area (Å²) < 4.78 is 30.5. The van der Waals surface area contributed by atoms with Crippen LogP contribution < -0.4 is 10.0 Å². The van der Waals surface area contributed by atoms with Crippen molar-refractivity contribution in [3.05, 3.63) is 46.9 Å². The smallest absolute Gasteiger partial charge is 0.229 e. The van der Waals surface area contributed by atoms with E-state index in [9.17, 15) is 8.42 Å². The molecule has 1 aromatic heterocycles. The summed E-state index contributed by atoms with van der Waals surface area (Å²) in [5.74, 6) is 1.61. The summed E-state index contributed by atoms with van der Waals surface area (Å²) in [5.41, 5.74) is 1.08. The highest BCUT2D eigenvalue weighted by atomic mass is 35.5. The standard InChI is InChI=1S/C14H17ClN2O3S/c1-9-4-7-14(20-9)10(2)16-13-8-11(5-6-12(13)15)17-21(3,18)19/h4-8,10,16-17H,1-3H3. The van der Waals surface area contributed by atoms with Gasteiger partial charge >= 0.3 is 0 Å². The fourth-order valence-corrected chi connectivity index (χ4v) is 2.63. The predicted molar refractivity (Wildman–Crippen MR) is 85.4 cm³/mol.